The van der Waals surface area contributed by atoms with Gasteiger partial charge in [-0.05, 0) is 38.5 Å². The summed E-state index contributed by atoms with van der Waals surface area (Å²) in [5, 5.41) is 0.764. The Morgan fingerprint density at radius 2 is 2.27 bits per heavy atom. The van der Waals surface area contributed by atoms with E-state index in [2.05, 4.69) is 12.8 Å². The fraction of sp³-hybridized carbons (Fsp3) is 0.778. The molecule has 0 fully saturated rings. The van der Waals surface area contributed by atoms with Gasteiger partial charge in [0.2, 0.25) is 0 Å². The topological polar surface area (TPSA) is 26.0 Å². The molecule has 0 aromatic rings. The lowest BCUT2D eigenvalue weighted by molar-refractivity contribution is 0.669. The zero-order valence-electron chi connectivity index (χ0n) is 7.38. The summed E-state index contributed by atoms with van der Waals surface area (Å²) >= 11 is 1.93. The monoisotopic (exact) mass is 173 g/mol. The van der Waals surface area contributed by atoms with E-state index < -0.39 is 0 Å². The SMILES string of the molecule is C=CCCCC(CCN)SC. The third-order valence-corrected chi connectivity index (χ3v) is 2.89. The molecular formula is C9H19NS. The summed E-state index contributed by atoms with van der Waals surface area (Å²) in [4.78, 5) is 0. The first-order chi connectivity index (χ1) is 5.35. The molecule has 0 spiro atoms. The smallest absolute Gasteiger partial charge is 0.00563 e. The van der Waals surface area contributed by atoms with E-state index in [1.165, 1.54) is 12.8 Å². The van der Waals surface area contributed by atoms with Gasteiger partial charge in [0, 0.05) is 5.25 Å². The molecule has 11 heavy (non-hydrogen) atoms. The van der Waals surface area contributed by atoms with Crippen molar-refractivity contribution in [1.82, 2.24) is 0 Å². The predicted octanol–water partition coefficient (Wildman–Crippen LogP) is 2.42. The Kier molecular flexibility index (Phi) is 8.19. The van der Waals surface area contributed by atoms with Gasteiger partial charge in [-0.15, -0.1) is 6.58 Å². The first-order valence-electron chi connectivity index (χ1n) is 4.19. The molecule has 66 valence electrons. The van der Waals surface area contributed by atoms with Crippen LogP contribution in [0.4, 0.5) is 0 Å². The highest BCUT2D eigenvalue weighted by Gasteiger charge is 2.03. The highest BCUT2D eigenvalue weighted by molar-refractivity contribution is 7.99. The Labute approximate surface area is 74.4 Å². The zero-order chi connectivity index (χ0) is 8.53. The van der Waals surface area contributed by atoms with Crippen LogP contribution in [0.25, 0.3) is 0 Å². The van der Waals surface area contributed by atoms with E-state index in [4.69, 9.17) is 5.73 Å². The Morgan fingerprint density at radius 3 is 2.73 bits per heavy atom. The highest BCUT2D eigenvalue weighted by atomic mass is 32.2. The average molecular weight is 173 g/mol. The first kappa shape index (κ1) is 11.1. The largest absolute Gasteiger partial charge is 0.330 e. The fourth-order valence-electron chi connectivity index (χ4n) is 1.06. The van der Waals surface area contributed by atoms with Gasteiger partial charge < -0.3 is 5.73 Å². The lowest BCUT2D eigenvalue weighted by atomic mass is 10.1. The quantitative estimate of drug-likeness (QED) is 0.472. The molecule has 0 heterocycles. The number of hydrogen-bond acceptors (Lipinski definition) is 2. The van der Waals surface area contributed by atoms with Crippen LogP contribution in [0.2, 0.25) is 0 Å². The molecule has 0 rings (SSSR count). The predicted molar refractivity (Wildman–Crippen MR) is 55.0 cm³/mol. The van der Waals surface area contributed by atoms with Crippen molar-refractivity contribution in [2.45, 2.75) is 30.9 Å². The van der Waals surface area contributed by atoms with E-state index in [1.807, 2.05) is 17.8 Å². The van der Waals surface area contributed by atoms with Crippen LogP contribution in [0.1, 0.15) is 25.7 Å². The number of rotatable bonds is 7. The van der Waals surface area contributed by atoms with E-state index >= 15 is 0 Å². The van der Waals surface area contributed by atoms with Crippen LogP contribution in [-0.4, -0.2) is 18.1 Å². The molecule has 0 aromatic heterocycles. The summed E-state index contributed by atoms with van der Waals surface area (Å²) < 4.78 is 0. The maximum absolute atomic E-state index is 5.48. The molecule has 1 nitrogen and oxygen atoms in total. The molecule has 1 atom stereocenters. The minimum Gasteiger partial charge on any atom is -0.330 e. The Hall–Kier alpha value is 0.0500. The van der Waals surface area contributed by atoms with Crippen molar-refractivity contribution in [1.29, 1.82) is 0 Å². The van der Waals surface area contributed by atoms with E-state index in [-0.39, 0.29) is 0 Å². The average Bonchev–Trinajstić information content (AvgIpc) is 2.03. The molecule has 0 aliphatic heterocycles. The number of nitrogens with two attached hydrogens (primary N) is 1. The number of unbranched alkanes of at least 4 members (excludes halogenated alkanes) is 1. The molecular weight excluding hydrogens is 154 g/mol. The van der Waals surface area contributed by atoms with Crippen LogP contribution in [0.3, 0.4) is 0 Å². The van der Waals surface area contributed by atoms with Gasteiger partial charge in [-0.1, -0.05) is 6.08 Å². The maximum Gasteiger partial charge on any atom is 0.00563 e. The number of allylic oxidation sites excluding steroid dienone is 1. The second kappa shape index (κ2) is 8.15. The van der Waals surface area contributed by atoms with Crippen molar-refractivity contribution < 1.29 is 0 Å². The van der Waals surface area contributed by atoms with E-state index in [9.17, 15) is 0 Å². The second-order valence-electron chi connectivity index (χ2n) is 2.65. The summed E-state index contributed by atoms with van der Waals surface area (Å²) in [6.45, 7) is 4.52. The Bertz CT molecular complexity index is 93.6. The van der Waals surface area contributed by atoms with Crippen molar-refractivity contribution in [2.24, 2.45) is 5.73 Å². The van der Waals surface area contributed by atoms with E-state index in [1.54, 1.807) is 0 Å². The van der Waals surface area contributed by atoms with Gasteiger partial charge in [0.25, 0.3) is 0 Å². The van der Waals surface area contributed by atoms with Gasteiger partial charge in [0.1, 0.15) is 0 Å². The minimum absolute atomic E-state index is 0.764. The third-order valence-electron chi connectivity index (χ3n) is 1.76. The lowest BCUT2D eigenvalue weighted by Gasteiger charge is -2.11. The third kappa shape index (κ3) is 6.45. The molecule has 0 aromatic carbocycles. The normalized spacial score (nSPS) is 12.9. The highest BCUT2D eigenvalue weighted by Crippen LogP contribution is 2.17. The van der Waals surface area contributed by atoms with Gasteiger partial charge >= 0.3 is 0 Å². The van der Waals surface area contributed by atoms with Crippen LogP contribution < -0.4 is 5.73 Å². The Morgan fingerprint density at radius 1 is 1.55 bits per heavy atom. The molecule has 2 heteroatoms. The van der Waals surface area contributed by atoms with Crippen molar-refractivity contribution in [2.75, 3.05) is 12.8 Å². The molecule has 0 saturated heterocycles. The fourth-order valence-corrected chi connectivity index (χ4v) is 1.83. The minimum atomic E-state index is 0.764. The molecule has 0 radical (unpaired) electrons. The standard InChI is InChI=1S/C9H19NS/c1-3-4-5-6-9(11-2)7-8-10/h3,9H,1,4-8,10H2,2H3. The molecule has 0 amide bonds. The summed E-state index contributed by atoms with van der Waals surface area (Å²) in [6, 6.07) is 0. The van der Waals surface area contributed by atoms with Gasteiger partial charge in [-0.25, -0.2) is 0 Å². The van der Waals surface area contributed by atoms with Crippen molar-refractivity contribution >= 4 is 11.8 Å². The number of thioether (sulfide) groups is 1. The van der Waals surface area contributed by atoms with Gasteiger partial charge in [0.15, 0.2) is 0 Å². The van der Waals surface area contributed by atoms with Crippen LogP contribution >= 0.6 is 11.8 Å². The second-order valence-corrected chi connectivity index (χ2v) is 3.79. The first-order valence-corrected chi connectivity index (χ1v) is 5.47. The maximum atomic E-state index is 5.48. The summed E-state index contributed by atoms with van der Waals surface area (Å²) in [7, 11) is 0. The molecule has 1 unspecified atom stereocenters. The number of hydrogen-bond donors (Lipinski definition) is 1. The van der Waals surface area contributed by atoms with E-state index in [0.717, 1.165) is 24.6 Å². The van der Waals surface area contributed by atoms with Crippen molar-refractivity contribution in [3.63, 3.8) is 0 Å². The zero-order valence-corrected chi connectivity index (χ0v) is 8.20. The van der Waals surface area contributed by atoms with Crippen molar-refractivity contribution in [3.05, 3.63) is 12.7 Å². The Balaban J connectivity index is 3.27. The van der Waals surface area contributed by atoms with Crippen LogP contribution in [0.15, 0.2) is 12.7 Å². The summed E-state index contributed by atoms with van der Waals surface area (Å²) in [5.74, 6) is 0. The van der Waals surface area contributed by atoms with Gasteiger partial charge in [-0.3, -0.25) is 0 Å². The van der Waals surface area contributed by atoms with Gasteiger partial charge in [0.05, 0.1) is 0 Å². The summed E-state index contributed by atoms with van der Waals surface area (Å²) in [5.41, 5.74) is 5.48. The van der Waals surface area contributed by atoms with Crippen molar-refractivity contribution in [3.8, 4) is 0 Å². The van der Waals surface area contributed by atoms with Gasteiger partial charge in [-0.2, -0.15) is 11.8 Å². The lowest BCUT2D eigenvalue weighted by Crippen LogP contribution is -2.10. The van der Waals surface area contributed by atoms with Crippen LogP contribution in [0.5, 0.6) is 0 Å². The molecule has 0 aliphatic carbocycles. The van der Waals surface area contributed by atoms with Crippen LogP contribution in [0, 0.1) is 0 Å². The molecule has 0 saturated carbocycles. The molecule has 0 bridgehead atoms. The van der Waals surface area contributed by atoms with E-state index in [0.29, 0.717) is 0 Å². The molecule has 2 N–H and O–H groups in total. The summed E-state index contributed by atoms with van der Waals surface area (Å²) in [6.07, 6.45) is 8.98. The van der Waals surface area contributed by atoms with Crippen LogP contribution in [-0.2, 0) is 0 Å². The molecule has 0 aliphatic rings.